The van der Waals surface area contributed by atoms with Crippen LogP contribution in [0.2, 0.25) is 5.02 Å². The van der Waals surface area contributed by atoms with E-state index in [4.69, 9.17) is 39.9 Å². The highest BCUT2D eigenvalue weighted by atomic mass is 35.5. The first kappa shape index (κ1) is 25.3. The van der Waals surface area contributed by atoms with Crippen LogP contribution in [-0.2, 0) is 0 Å². The van der Waals surface area contributed by atoms with E-state index < -0.39 is 17.7 Å². The molecule has 12 heteroatoms. The highest BCUT2D eigenvalue weighted by Crippen LogP contribution is 2.33. The molecule has 0 spiro atoms. The number of halogens is 5. The van der Waals surface area contributed by atoms with Gasteiger partial charge >= 0.3 is 6.18 Å². The maximum absolute atomic E-state index is 12.2. The summed E-state index contributed by atoms with van der Waals surface area (Å²) in [7, 11) is 1.00. The van der Waals surface area contributed by atoms with Gasteiger partial charge in [0.2, 0.25) is 0 Å². The third-order valence-electron chi connectivity index (χ3n) is 2.69. The molecule has 0 bridgehead atoms. The fraction of sp³-hybridized carbons (Fsp3) is 0.200. The molecule has 6 N–H and O–H groups in total. The van der Waals surface area contributed by atoms with Crippen LogP contribution in [0.3, 0.4) is 0 Å². The average Bonchev–Trinajstić information content (AvgIpc) is 2.77. The van der Waals surface area contributed by atoms with Crippen LogP contribution in [0.25, 0.3) is 0 Å². The molecule has 2 rings (SSSR count). The molecule has 0 fully saturated rings. The van der Waals surface area contributed by atoms with Crippen molar-refractivity contribution in [1.82, 2.24) is 10.4 Å². The van der Waals surface area contributed by atoms with Gasteiger partial charge in [0.1, 0.15) is 0 Å². The molecule has 27 heavy (non-hydrogen) atoms. The van der Waals surface area contributed by atoms with Gasteiger partial charge in [0, 0.05) is 18.6 Å². The lowest BCUT2D eigenvalue weighted by atomic mass is 10.2. The Kier molecular flexibility index (Phi) is 11.1. The van der Waals surface area contributed by atoms with Crippen LogP contribution in [0.15, 0.2) is 47.2 Å². The number of anilines is 1. The van der Waals surface area contributed by atoms with Crippen molar-refractivity contribution in [2.75, 3.05) is 12.8 Å². The number of aliphatic hydroxyl groups is 1. The summed E-state index contributed by atoms with van der Waals surface area (Å²) in [6.07, 6.45) is 1.89. The second kappa shape index (κ2) is 11.9. The van der Waals surface area contributed by atoms with Gasteiger partial charge in [0.25, 0.3) is 5.91 Å². The molecule has 6 nitrogen and oxygen atoms in total. The van der Waals surface area contributed by atoms with Crippen LogP contribution >= 0.6 is 35.8 Å². The lowest BCUT2D eigenvalue weighted by Gasteiger charge is -2.07. The quantitative estimate of drug-likeness (QED) is 0.197. The first-order valence-electron chi connectivity index (χ1n) is 6.94. The molecule has 150 valence electrons. The third-order valence-corrected chi connectivity index (χ3v) is 3.57. The summed E-state index contributed by atoms with van der Waals surface area (Å²) in [6, 6.07) is 1.43. The summed E-state index contributed by atoms with van der Waals surface area (Å²) in [4.78, 5) is 14.6. The Bertz CT molecular complexity index is 740. The molecule has 0 saturated heterocycles. The van der Waals surface area contributed by atoms with Crippen molar-refractivity contribution < 1.29 is 23.1 Å². The van der Waals surface area contributed by atoms with Crippen LogP contribution in [0, 0.1) is 0 Å². The molecule has 1 aliphatic carbocycles. The maximum atomic E-state index is 12.2. The van der Waals surface area contributed by atoms with Crippen LogP contribution in [0.4, 0.5) is 18.9 Å². The van der Waals surface area contributed by atoms with Crippen molar-refractivity contribution in [3.8, 4) is 0 Å². The van der Waals surface area contributed by atoms with Crippen LogP contribution in [0.1, 0.15) is 10.5 Å². The summed E-state index contributed by atoms with van der Waals surface area (Å²) < 4.78 is 36.7. The summed E-state index contributed by atoms with van der Waals surface area (Å²) in [5.41, 5.74) is 6.79. The lowest BCUT2D eigenvalue weighted by Crippen LogP contribution is -2.31. The predicted octanol–water partition coefficient (Wildman–Crippen LogP) is 3.00. The van der Waals surface area contributed by atoms with E-state index >= 15 is 0 Å². The molecule has 1 unspecified atom stereocenters. The fourth-order valence-electron chi connectivity index (χ4n) is 1.55. The number of aromatic nitrogens is 1. The number of allylic oxidation sites excluding steroid dienone is 4. The Balaban J connectivity index is 0.000000460. The van der Waals surface area contributed by atoms with Crippen molar-refractivity contribution in [3.05, 3.63) is 57.9 Å². The zero-order valence-electron chi connectivity index (χ0n) is 13.8. The number of hydrogen-bond acceptors (Lipinski definition) is 6. The number of amides is 1. The number of nitrogens with two attached hydrogens (primary N) is 2. The van der Waals surface area contributed by atoms with E-state index in [-0.39, 0.29) is 21.7 Å². The molecule has 1 aromatic heterocycles. The maximum Gasteiger partial charge on any atom is 0.417 e. The molecule has 1 aromatic rings. The topological polar surface area (TPSA) is 114 Å². The highest BCUT2D eigenvalue weighted by molar-refractivity contribution is 7.81. The molecule has 1 atom stereocenters. The largest absolute Gasteiger partial charge is 0.417 e. The Morgan fingerprint density at radius 1 is 1.30 bits per heavy atom. The SMILES string of the molecule is CO.FC(F)(F)C1=C(Cl)C=CC(S)C=C1.NNC(=O)c1ncc(Cl)cc1N. The van der Waals surface area contributed by atoms with Gasteiger partial charge in [-0.15, -0.1) is 0 Å². The molecule has 1 heterocycles. The van der Waals surface area contributed by atoms with Crippen molar-refractivity contribution in [1.29, 1.82) is 0 Å². The van der Waals surface area contributed by atoms with E-state index in [1.807, 2.05) is 5.43 Å². The molecule has 0 aromatic carbocycles. The van der Waals surface area contributed by atoms with Gasteiger partial charge in [-0.2, -0.15) is 25.8 Å². The number of rotatable bonds is 1. The van der Waals surface area contributed by atoms with E-state index in [9.17, 15) is 18.0 Å². The zero-order valence-corrected chi connectivity index (χ0v) is 16.2. The normalized spacial score (nSPS) is 15.8. The number of carbonyl (C=O) groups excluding carboxylic acids is 1. The Hall–Kier alpha value is -1.72. The summed E-state index contributed by atoms with van der Waals surface area (Å²) in [5.74, 6) is 4.35. The van der Waals surface area contributed by atoms with Crippen LogP contribution < -0.4 is 17.0 Å². The fourth-order valence-corrected chi connectivity index (χ4v) is 2.14. The highest BCUT2D eigenvalue weighted by Gasteiger charge is 2.34. The first-order valence-corrected chi connectivity index (χ1v) is 8.21. The number of carbonyl (C=O) groups is 1. The average molecular weight is 445 g/mol. The smallest absolute Gasteiger partial charge is 0.400 e. The Morgan fingerprint density at radius 3 is 2.33 bits per heavy atom. The molecule has 0 saturated carbocycles. The number of nitrogens with one attached hydrogen (secondary N) is 1. The number of nitrogens with zero attached hydrogens (tertiary/aromatic N) is 1. The molecular weight excluding hydrogens is 428 g/mol. The first-order chi connectivity index (χ1) is 12.6. The Labute approximate surface area is 169 Å². The number of hydrazine groups is 1. The van der Waals surface area contributed by atoms with Crippen molar-refractivity contribution >= 4 is 47.4 Å². The van der Waals surface area contributed by atoms with Gasteiger partial charge in [0.15, 0.2) is 5.69 Å². The van der Waals surface area contributed by atoms with Gasteiger partial charge < -0.3 is 10.8 Å². The number of aliphatic hydroxyl groups excluding tert-OH is 1. The molecule has 1 aliphatic rings. The van der Waals surface area contributed by atoms with Crippen LogP contribution in [0.5, 0.6) is 0 Å². The van der Waals surface area contributed by atoms with Crippen LogP contribution in [-0.4, -0.2) is 34.5 Å². The second-order valence-electron chi connectivity index (χ2n) is 4.53. The third kappa shape index (κ3) is 8.67. The monoisotopic (exact) mass is 444 g/mol. The number of thiol groups is 1. The van der Waals surface area contributed by atoms with Crippen molar-refractivity contribution in [2.45, 2.75) is 11.4 Å². The summed E-state index contributed by atoms with van der Waals surface area (Å²) in [6.45, 7) is 0. The molecule has 1 amide bonds. The number of alkyl halides is 3. The minimum Gasteiger partial charge on any atom is -0.400 e. The number of nitrogen functional groups attached to an aromatic ring is 2. The minimum atomic E-state index is -4.41. The second-order valence-corrected chi connectivity index (χ2v) is 5.97. The predicted molar refractivity (Wildman–Crippen MR) is 103 cm³/mol. The molecule has 0 aliphatic heterocycles. The molecular formula is C15H17Cl2F3N4O2S. The van der Waals surface area contributed by atoms with Gasteiger partial charge in [-0.05, 0) is 12.1 Å². The van der Waals surface area contributed by atoms with E-state index in [0.29, 0.717) is 5.02 Å². The summed E-state index contributed by atoms with van der Waals surface area (Å²) in [5, 5.41) is 6.75. The van der Waals surface area contributed by atoms with Gasteiger partial charge in [-0.3, -0.25) is 10.2 Å². The van der Waals surface area contributed by atoms with E-state index in [1.165, 1.54) is 30.5 Å². The van der Waals surface area contributed by atoms with E-state index in [0.717, 1.165) is 13.2 Å². The minimum absolute atomic E-state index is 0.0712. The van der Waals surface area contributed by atoms with Gasteiger partial charge in [-0.25, -0.2) is 10.8 Å². The van der Waals surface area contributed by atoms with Gasteiger partial charge in [0.05, 0.1) is 21.3 Å². The van der Waals surface area contributed by atoms with Gasteiger partial charge in [-0.1, -0.05) is 41.4 Å². The van der Waals surface area contributed by atoms with Crippen molar-refractivity contribution in [2.24, 2.45) is 5.84 Å². The lowest BCUT2D eigenvalue weighted by molar-refractivity contribution is -0.0884. The zero-order chi connectivity index (χ0) is 21.2. The Morgan fingerprint density at radius 2 is 1.85 bits per heavy atom. The number of pyridine rings is 1. The van der Waals surface area contributed by atoms with Crippen molar-refractivity contribution in [3.63, 3.8) is 0 Å². The van der Waals surface area contributed by atoms with E-state index in [1.54, 1.807) is 0 Å². The summed E-state index contributed by atoms with van der Waals surface area (Å²) >= 11 is 15.0. The standard InChI is InChI=1S/C8H6ClF3S.C6H7ClN4O.CH4O/c9-7-4-2-5(13)1-3-6(7)8(10,11)12;7-3-1-4(8)5(10-2-3)6(12)11-9;1-2/h1-5,13H;1-2H,8-9H2,(H,11,12);2H,1H3. The number of hydrogen-bond donors (Lipinski definition) is 5. The molecule has 0 radical (unpaired) electrons. The van der Waals surface area contributed by atoms with E-state index in [2.05, 4.69) is 17.6 Å².